The fourth-order valence-corrected chi connectivity index (χ4v) is 1.39. The van der Waals surface area contributed by atoms with E-state index in [9.17, 15) is 4.79 Å². The number of nitrogens with one attached hydrogen (secondary N) is 1. The van der Waals surface area contributed by atoms with Crippen LogP contribution in [0.25, 0.3) is 0 Å². The van der Waals surface area contributed by atoms with Gasteiger partial charge in [0.25, 0.3) is 0 Å². The monoisotopic (exact) mass is 254 g/mol. The van der Waals surface area contributed by atoms with Crippen molar-refractivity contribution in [3.8, 4) is 11.5 Å². The normalized spacial score (nSPS) is 10.3. The second-order valence-electron chi connectivity index (χ2n) is 4.16. The molecule has 18 heavy (non-hydrogen) atoms. The molecule has 0 bridgehead atoms. The summed E-state index contributed by atoms with van der Waals surface area (Å²) in [6.45, 7) is 1.18. The maximum atomic E-state index is 11.8. The van der Waals surface area contributed by atoms with Crippen LogP contribution in [-0.2, 0) is 4.74 Å². The molecule has 0 spiro atoms. The van der Waals surface area contributed by atoms with Gasteiger partial charge in [-0.05, 0) is 18.2 Å². The average molecular weight is 254 g/mol. The molecule has 5 heteroatoms. The molecule has 0 aliphatic heterocycles. The Kier molecular flexibility index (Phi) is 5.45. The molecule has 0 aliphatic carbocycles. The molecule has 1 aromatic rings. The summed E-state index contributed by atoms with van der Waals surface area (Å²) in [5, 5.41) is 0. The molecule has 0 saturated carbocycles. The predicted molar refractivity (Wildman–Crippen MR) is 67.5 cm³/mol. The third kappa shape index (κ3) is 3.92. The van der Waals surface area contributed by atoms with Crippen LogP contribution in [0.5, 0.6) is 11.5 Å². The van der Waals surface area contributed by atoms with Crippen LogP contribution in [0.1, 0.15) is 10.4 Å². The lowest BCUT2D eigenvalue weighted by Crippen LogP contribution is -3.06. The number of hydrogen-bond acceptors (Lipinski definition) is 4. The van der Waals surface area contributed by atoms with Crippen molar-refractivity contribution in [2.45, 2.75) is 0 Å². The van der Waals surface area contributed by atoms with Gasteiger partial charge in [-0.3, -0.25) is 0 Å². The second kappa shape index (κ2) is 6.86. The molecule has 100 valence electrons. The topological polar surface area (TPSA) is 49.2 Å². The van der Waals surface area contributed by atoms with Crippen LogP contribution in [0.15, 0.2) is 18.2 Å². The van der Waals surface area contributed by atoms with Crippen molar-refractivity contribution in [2.24, 2.45) is 0 Å². The Labute approximate surface area is 107 Å². The maximum absolute atomic E-state index is 11.8. The summed E-state index contributed by atoms with van der Waals surface area (Å²) in [4.78, 5) is 13.0. The zero-order valence-corrected chi connectivity index (χ0v) is 11.3. The number of rotatable bonds is 6. The quantitative estimate of drug-likeness (QED) is 0.726. The van der Waals surface area contributed by atoms with Crippen LogP contribution >= 0.6 is 0 Å². The highest BCUT2D eigenvalue weighted by Crippen LogP contribution is 2.27. The van der Waals surface area contributed by atoms with Gasteiger partial charge in [0.05, 0.1) is 33.9 Å². The van der Waals surface area contributed by atoms with Gasteiger partial charge >= 0.3 is 5.97 Å². The minimum absolute atomic E-state index is 0.350. The van der Waals surface area contributed by atoms with E-state index in [1.165, 1.54) is 12.0 Å². The van der Waals surface area contributed by atoms with Gasteiger partial charge in [-0.25, -0.2) is 4.79 Å². The van der Waals surface area contributed by atoms with Crippen molar-refractivity contribution in [3.05, 3.63) is 23.8 Å². The van der Waals surface area contributed by atoms with Gasteiger partial charge in [0, 0.05) is 0 Å². The van der Waals surface area contributed by atoms with Gasteiger partial charge in [0.15, 0.2) is 11.5 Å². The van der Waals surface area contributed by atoms with E-state index in [0.717, 1.165) is 6.54 Å². The third-order valence-electron chi connectivity index (χ3n) is 2.45. The SMILES string of the molecule is COc1ccc(C(=O)OCC[NH+](C)C)cc1OC. The summed E-state index contributed by atoms with van der Waals surface area (Å²) in [5.41, 5.74) is 0.460. The Balaban J connectivity index is 2.68. The first-order chi connectivity index (χ1) is 8.58. The lowest BCUT2D eigenvalue weighted by atomic mass is 10.2. The average Bonchev–Trinajstić information content (AvgIpc) is 2.37. The first-order valence-corrected chi connectivity index (χ1v) is 5.76. The van der Waals surface area contributed by atoms with Crippen molar-refractivity contribution >= 4 is 5.97 Å². The lowest BCUT2D eigenvalue weighted by Gasteiger charge is -2.10. The molecule has 0 aromatic heterocycles. The van der Waals surface area contributed by atoms with E-state index in [4.69, 9.17) is 14.2 Å². The summed E-state index contributed by atoms with van der Waals surface area (Å²) in [6, 6.07) is 4.96. The summed E-state index contributed by atoms with van der Waals surface area (Å²) in [5.74, 6) is 0.758. The molecule has 0 heterocycles. The first-order valence-electron chi connectivity index (χ1n) is 5.76. The number of ether oxygens (including phenoxy) is 3. The molecular weight excluding hydrogens is 234 g/mol. The fraction of sp³-hybridized carbons (Fsp3) is 0.462. The van der Waals surface area contributed by atoms with E-state index < -0.39 is 0 Å². The van der Waals surface area contributed by atoms with Crippen molar-refractivity contribution in [1.29, 1.82) is 0 Å². The van der Waals surface area contributed by atoms with Crippen LogP contribution in [0.3, 0.4) is 0 Å². The number of benzene rings is 1. The zero-order valence-electron chi connectivity index (χ0n) is 11.3. The minimum Gasteiger partial charge on any atom is -0.493 e. The Morgan fingerprint density at radius 1 is 1.17 bits per heavy atom. The molecule has 0 amide bonds. The van der Waals surface area contributed by atoms with Gasteiger partial charge < -0.3 is 19.1 Å². The van der Waals surface area contributed by atoms with Crippen molar-refractivity contribution in [3.63, 3.8) is 0 Å². The smallest absolute Gasteiger partial charge is 0.338 e. The molecule has 1 aromatic carbocycles. The molecule has 0 radical (unpaired) electrons. The maximum Gasteiger partial charge on any atom is 0.338 e. The number of carbonyl (C=O) groups excluding carboxylic acids is 1. The molecule has 5 nitrogen and oxygen atoms in total. The molecule has 0 unspecified atom stereocenters. The van der Waals surface area contributed by atoms with Crippen molar-refractivity contribution in [1.82, 2.24) is 0 Å². The number of quaternary nitrogens is 1. The van der Waals surface area contributed by atoms with Crippen LogP contribution in [0, 0.1) is 0 Å². The second-order valence-corrected chi connectivity index (χ2v) is 4.16. The van der Waals surface area contributed by atoms with Crippen LogP contribution in [0.4, 0.5) is 0 Å². The fourth-order valence-electron chi connectivity index (χ4n) is 1.39. The van der Waals surface area contributed by atoms with Crippen LogP contribution in [-0.4, -0.2) is 47.4 Å². The van der Waals surface area contributed by atoms with Gasteiger partial charge in [-0.2, -0.15) is 0 Å². The molecule has 0 atom stereocenters. The highest BCUT2D eigenvalue weighted by molar-refractivity contribution is 5.90. The molecule has 0 aliphatic rings. The highest BCUT2D eigenvalue weighted by Gasteiger charge is 2.12. The predicted octanol–water partition coefficient (Wildman–Crippen LogP) is 0.00510. The van der Waals surface area contributed by atoms with Gasteiger partial charge in [0.2, 0.25) is 0 Å². The number of likely N-dealkylation sites (N-methyl/N-ethyl adjacent to an activating group) is 1. The van der Waals surface area contributed by atoms with Gasteiger partial charge in [-0.15, -0.1) is 0 Å². The molecule has 1 N–H and O–H groups in total. The molecule has 0 fully saturated rings. The summed E-state index contributed by atoms with van der Waals surface area (Å²) in [6.07, 6.45) is 0. The third-order valence-corrected chi connectivity index (χ3v) is 2.45. The standard InChI is InChI=1S/C13H19NO4/c1-14(2)7-8-18-13(15)10-5-6-11(16-3)12(9-10)17-4/h5-6,9H,7-8H2,1-4H3/p+1. The zero-order chi connectivity index (χ0) is 13.5. The van der Waals surface area contributed by atoms with Crippen LogP contribution < -0.4 is 14.4 Å². The molecule has 1 rings (SSSR count). The van der Waals surface area contributed by atoms with Crippen molar-refractivity contribution in [2.75, 3.05) is 41.5 Å². The Bertz CT molecular complexity index is 404. The Hall–Kier alpha value is -1.75. The number of methoxy groups -OCH3 is 2. The van der Waals surface area contributed by atoms with E-state index in [-0.39, 0.29) is 5.97 Å². The van der Waals surface area contributed by atoms with E-state index in [1.807, 2.05) is 14.1 Å². The Morgan fingerprint density at radius 2 is 1.83 bits per heavy atom. The molecular formula is C13H20NO4+. The highest BCUT2D eigenvalue weighted by atomic mass is 16.5. The summed E-state index contributed by atoms with van der Waals surface area (Å²) < 4.78 is 15.4. The van der Waals surface area contributed by atoms with E-state index in [0.29, 0.717) is 23.7 Å². The number of hydrogen-bond donors (Lipinski definition) is 1. The van der Waals surface area contributed by atoms with Gasteiger partial charge in [-0.1, -0.05) is 0 Å². The van der Waals surface area contributed by atoms with E-state index >= 15 is 0 Å². The van der Waals surface area contributed by atoms with Crippen molar-refractivity contribution < 1.29 is 23.9 Å². The summed E-state index contributed by atoms with van der Waals surface area (Å²) >= 11 is 0. The van der Waals surface area contributed by atoms with E-state index in [1.54, 1.807) is 25.3 Å². The largest absolute Gasteiger partial charge is 0.493 e. The Morgan fingerprint density at radius 3 is 2.39 bits per heavy atom. The first kappa shape index (κ1) is 14.3. The summed E-state index contributed by atoms with van der Waals surface area (Å²) in [7, 11) is 7.09. The molecule has 0 saturated heterocycles. The van der Waals surface area contributed by atoms with Gasteiger partial charge in [0.1, 0.15) is 13.2 Å². The van der Waals surface area contributed by atoms with Crippen LogP contribution in [0.2, 0.25) is 0 Å². The lowest BCUT2D eigenvalue weighted by molar-refractivity contribution is -0.858. The number of carbonyl (C=O) groups is 1. The number of esters is 1. The van der Waals surface area contributed by atoms with E-state index in [2.05, 4.69) is 0 Å². The minimum atomic E-state index is -0.350.